The molecule has 0 saturated carbocycles. The molecule has 4 rings (SSSR count). The lowest BCUT2D eigenvalue weighted by atomic mass is 9.86. The second-order valence-electron chi connectivity index (χ2n) is 8.78. The highest BCUT2D eigenvalue weighted by atomic mass is 16.5. The van der Waals surface area contributed by atoms with Gasteiger partial charge in [0, 0.05) is 25.5 Å². The molecule has 0 spiro atoms. The molecule has 0 amide bonds. The molecular formula is C25H32N4O3. The number of carboxylic acids is 1. The molecule has 1 atom stereocenters. The molecule has 0 bridgehead atoms. The van der Waals surface area contributed by atoms with Gasteiger partial charge in [-0.25, -0.2) is 9.97 Å². The van der Waals surface area contributed by atoms with Gasteiger partial charge in [0.05, 0.1) is 18.2 Å². The average molecular weight is 437 g/mol. The molecule has 170 valence electrons. The molecule has 32 heavy (non-hydrogen) atoms. The number of piperidine rings is 1. The summed E-state index contributed by atoms with van der Waals surface area (Å²) in [5.41, 5.74) is 10.3. The summed E-state index contributed by atoms with van der Waals surface area (Å²) < 4.78 is 6.07. The minimum Gasteiger partial charge on any atom is -0.491 e. The number of aromatic nitrogens is 2. The lowest BCUT2D eigenvalue weighted by Gasteiger charge is -2.32. The summed E-state index contributed by atoms with van der Waals surface area (Å²) in [6.07, 6.45) is 10.9. The Morgan fingerprint density at radius 3 is 2.56 bits per heavy atom. The number of carboxylic acid groups (broad SMARTS) is 1. The average Bonchev–Trinajstić information content (AvgIpc) is 2.84. The van der Waals surface area contributed by atoms with Crippen LogP contribution in [0.2, 0.25) is 0 Å². The number of nitrogen functional groups attached to an aromatic ring is 1. The minimum absolute atomic E-state index is 0.271. The summed E-state index contributed by atoms with van der Waals surface area (Å²) in [5, 5.41) is 9.16. The van der Waals surface area contributed by atoms with E-state index in [1.54, 1.807) is 0 Å². The van der Waals surface area contributed by atoms with Crippen LogP contribution in [0, 0.1) is 11.8 Å². The molecule has 0 radical (unpaired) electrons. The van der Waals surface area contributed by atoms with E-state index in [1.807, 2.05) is 36.7 Å². The summed E-state index contributed by atoms with van der Waals surface area (Å²) in [5.74, 6) is 1.03. The predicted molar refractivity (Wildman–Crippen MR) is 126 cm³/mol. The Morgan fingerprint density at radius 1 is 1.22 bits per heavy atom. The molecule has 1 aliphatic carbocycles. The van der Waals surface area contributed by atoms with Gasteiger partial charge in [-0.3, -0.25) is 4.79 Å². The van der Waals surface area contributed by atoms with Crippen LogP contribution < -0.4 is 15.4 Å². The molecule has 2 aromatic rings. The van der Waals surface area contributed by atoms with Crippen molar-refractivity contribution in [2.75, 3.05) is 30.3 Å². The van der Waals surface area contributed by atoms with Gasteiger partial charge in [0.2, 0.25) is 5.95 Å². The highest BCUT2D eigenvalue weighted by molar-refractivity contribution is 5.75. The fourth-order valence-electron chi connectivity index (χ4n) is 4.40. The Bertz CT molecular complexity index is 966. The van der Waals surface area contributed by atoms with Crippen molar-refractivity contribution in [2.45, 2.75) is 45.4 Å². The molecule has 1 aliphatic heterocycles. The third kappa shape index (κ3) is 5.21. The highest BCUT2D eigenvalue weighted by Gasteiger charge is 2.23. The van der Waals surface area contributed by atoms with Crippen molar-refractivity contribution in [1.82, 2.24) is 9.97 Å². The first-order valence-corrected chi connectivity index (χ1v) is 11.5. The molecule has 7 heteroatoms. The molecule has 1 unspecified atom stereocenters. The first-order chi connectivity index (χ1) is 15.5. The van der Waals surface area contributed by atoms with Crippen molar-refractivity contribution < 1.29 is 14.6 Å². The Morgan fingerprint density at radius 2 is 1.97 bits per heavy atom. The van der Waals surface area contributed by atoms with Gasteiger partial charge in [-0.1, -0.05) is 19.1 Å². The molecule has 2 aliphatic rings. The van der Waals surface area contributed by atoms with Crippen LogP contribution >= 0.6 is 0 Å². The standard InChI is InChI=1S/C25H32N4O3/c1-2-17-14-27-25(28-15-17)29-11-9-18(10-12-29)16-32-23-8-7-21(13-22(23)26)19-3-5-20(6-4-19)24(30)31/h3,7-8,13-15,18,20H,2,4-6,9-12,16,26H2,1H3,(H,30,31). The Kier molecular flexibility index (Phi) is 6.93. The van der Waals surface area contributed by atoms with Gasteiger partial charge in [-0.15, -0.1) is 0 Å². The van der Waals surface area contributed by atoms with E-state index < -0.39 is 5.97 Å². The maximum absolute atomic E-state index is 11.1. The highest BCUT2D eigenvalue weighted by Crippen LogP contribution is 2.34. The molecular weight excluding hydrogens is 404 g/mol. The number of aliphatic carboxylic acids is 1. The van der Waals surface area contributed by atoms with E-state index in [4.69, 9.17) is 15.6 Å². The van der Waals surface area contributed by atoms with Crippen molar-refractivity contribution in [3.05, 3.63) is 47.8 Å². The number of carbonyl (C=O) groups is 1. The van der Waals surface area contributed by atoms with Gasteiger partial charge < -0.3 is 20.5 Å². The van der Waals surface area contributed by atoms with Crippen LogP contribution in [0.25, 0.3) is 5.57 Å². The van der Waals surface area contributed by atoms with Crippen LogP contribution in [-0.4, -0.2) is 40.7 Å². The van der Waals surface area contributed by atoms with Crippen molar-refractivity contribution in [2.24, 2.45) is 11.8 Å². The number of anilines is 2. The monoisotopic (exact) mass is 436 g/mol. The molecule has 3 N–H and O–H groups in total. The van der Waals surface area contributed by atoms with Gasteiger partial charge in [0.15, 0.2) is 0 Å². The van der Waals surface area contributed by atoms with Crippen molar-refractivity contribution >= 4 is 23.2 Å². The third-order valence-corrected chi connectivity index (χ3v) is 6.61. The summed E-state index contributed by atoms with van der Waals surface area (Å²) in [7, 11) is 0. The number of hydrogen-bond donors (Lipinski definition) is 2. The Labute approximate surface area is 189 Å². The SMILES string of the molecule is CCc1cnc(N2CCC(COc3ccc(C4=CCC(C(=O)O)CC4)cc3N)CC2)nc1. The zero-order valence-electron chi connectivity index (χ0n) is 18.7. The zero-order chi connectivity index (χ0) is 22.5. The maximum atomic E-state index is 11.1. The van der Waals surface area contributed by atoms with Crippen LogP contribution in [-0.2, 0) is 11.2 Å². The molecule has 1 aromatic carbocycles. The van der Waals surface area contributed by atoms with Crippen LogP contribution in [0.4, 0.5) is 11.6 Å². The van der Waals surface area contributed by atoms with Crippen LogP contribution in [0.15, 0.2) is 36.7 Å². The van der Waals surface area contributed by atoms with Gasteiger partial charge in [-0.2, -0.15) is 0 Å². The number of aryl methyl sites for hydroxylation is 1. The fourth-order valence-corrected chi connectivity index (χ4v) is 4.40. The maximum Gasteiger partial charge on any atom is 0.306 e. The second-order valence-corrected chi connectivity index (χ2v) is 8.78. The van der Waals surface area contributed by atoms with Crippen LogP contribution in [0.5, 0.6) is 5.75 Å². The topological polar surface area (TPSA) is 102 Å². The second kappa shape index (κ2) is 10.0. The molecule has 1 saturated heterocycles. The van der Waals surface area contributed by atoms with Crippen LogP contribution in [0.1, 0.15) is 50.2 Å². The largest absolute Gasteiger partial charge is 0.491 e. The summed E-state index contributed by atoms with van der Waals surface area (Å²) in [4.78, 5) is 22.4. The summed E-state index contributed by atoms with van der Waals surface area (Å²) in [6.45, 7) is 4.61. The molecule has 1 aromatic heterocycles. The number of allylic oxidation sites excluding steroid dienone is 2. The number of benzene rings is 1. The minimum atomic E-state index is -0.712. The van der Waals surface area contributed by atoms with Gasteiger partial charge in [0.1, 0.15) is 5.75 Å². The number of nitrogens with two attached hydrogens (primary N) is 1. The predicted octanol–water partition coefficient (Wildman–Crippen LogP) is 4.18. The molecule has 7 nitrogen and oxygen atoms in total. The van der Waals surface area contributed by atoms with E-state index in [9.17, 15) is 4.79 Å². The first kappa shape index (κ1) is 22.1. The van der Waals surface area contributed by atoms with Crippen molar-refractivity contribution in [3.8, 4) is 5.75 Å². The zero-order valence-corrected chi connectivity index (χ0v) is 18.7. The lowest BCUT2D eigenvalue weighted by molar-refractivity contribution is -0.141. The van der Waals surface area contributed by atoms with Crippen LogP contribution in [0.3, 0.4) is 0 Å². The van der Waals surface area contributed by atoms with Gasteiger partial charge in [0.25, 0.3) is 0 Å². The van der Waals surface area contributed by atoms with E-state index in [2.05, 4.69) is 21.8 Å². The smallest absolute Gasteiger partial charge is 0.306 e. The summed E-state index contributed by atoms with van der Waals surface area (Å²) >= 11 is 0. The third-order valence-electron chi connectivity index (χ3n) is 6.61. The lowest BCUT2D eigenvalue weighted by Crippen LogP contribution is -2.36. The van der Waals surface area contributed by atoms with E-state index in [1.165, 1.54) is 5.57 Å². The van der Waals surface area contributed by atoms with Gasteiger partial charge >= 0.3 is 5.97 Å². The van der Waals surface area contributed by atoms with Gasteiger partial charge in [-0.05, 0) is 73.3 Å². The summed E-state index contributed by atoms with van der Waals surface area (Å²) in [6, 6.07) is 5.91. The van der Waals surface area contributed by atoms with E-state index in [0.29, 0.717) is 31.1 Å². The number of ether oxygens (including phenoxy) is 1. The number of nitrogens with zero attached hydrogens (tertiary/aromatic N) is 3. The fraction of sp³-hybridized carbons (Fsp3) is 0.480. The quantitative estimate of drug-likeness (QED) is 0.628. The van der Waals surface area contributed by atoms with E-state index in [-0.39, 0.29) is 5.92 Å². The normalized spacial score (nSPS) is 19.5. The van der Waals surface area contributed by atoms with Crippen molar-refractivity contribution in [3.63, 3.8) is 0 Å². The molecule has 2 heterocycles. The van der Waals surface area contributed by atoms with Crippen molar-refractivity contribution in [1.29, 1.82) is 0 Å². The first-order valence-electron chi connectivity index (χ1n) is 11.5. The van der Waals surface area contributed by atoms with E-state index in [0.717, 1.165) is 61.6 Å². The molecule has 1 fully saturated rings. The number of rotatable bonds is 7. The Balaban J connectivity index is 1.28. The van der Waals surface area contributed by atoms with E-state index >= 15 is 0 Å². The number of hydrogen-bond acceptors (Lipinski definition) is 6. The Hall–Kier alpha value is -3.09.